The van der Waals surface area contributed by atoms with E-state index < -0.39 is 4.92 Å². The SMILES string of the molecule is Cc1nn(CC(=O)c2ccc3c(c2)CCO3)c(C)c1[N+](=O)[O-]. The third kappa shape index (κ3) is 2.34. The van der Waals surface area contributed by atoms with Gasteiger partial charge in [0.05, 0.1) is 11.5 Å². The van der Waals surface area contributed by atoms with Crippen molar-refractivity contribution >= 4 is 11.5 Å². The molecule has 7 heteroatoms. The maximum Gasteiger partial charge on any atom is 0.312 e. The van der Waals surface area contributed by atoms with Crippen molar-refractivity contribution in [3.8, 4) is 5.75 Å². The van der Waals surface area contributed by atoms with Crippen molar-refractivity contribution in [1.29, 1.82) is 0 Å². The summed E-state index contributed by atoms with van der Waals surface area (Å²) in [6.07, 6.45) is 0.793. The number of rotatable bonds is 4. The van der Waals surface area contributed by atoms with E-state index in [0.29, 0.717) is 23.6 Å². The van der Waals surface area contributed by atoms with Crippen LogP contribution in [0, 0.1) is 24.0 Å². The molecule has 0 radical (unpaired) electrons. The zero-order chi connectivity index (χ0) is 15.9. The van der Waals surface area contributed by atoms with E-state index >= 15 is 0 Å². The van der Waals surface area contributed by atoms with Gasteiger partial charge in [-0.25, -0.2) is 0 Å². The summed E-state index contributed by atoms with van der Waals surface area (Å²) in [6.45, 7) is 3.79. The molecule has 3 rings (SSSR count). The molecule has 0 bridgehead atoms. The lowest BCUT2D eigenvalue weighted by Gasteiger charge is -2.05. The van der Waals surface area contributed by atoms with E-state index in [-0.39, 0.29) is 18.0 Å². The van der Waals surface area contributed by atoms with E-state index in [9.17, 15) is 14.9 Å². The van der Waals surface area contributed by atoms with Crippen LogP contribution in [0.3, 0.4) is 0 Å². The summed E-state index contributed by atoms with van der Waals surface area (Å²) < 4.78 is 6.80. The Morgan fingerprint density at radius 3 is 2.91 bits per heavy atom. The Balaban J connectivity index is 1.86. The highest BCUT2D eigenvalue weighted by Crippen LogP contribution is 2.26. The molecule has 1 aliphatic heterocycles. The Hall–Kier alpha value is -2.70. The van der Waals surface area contributed by atoms with Crippen LogP contribution < -0.4 is 4.74 Å². The van der Waals surface area contributed by atoms with E-state index in [1.54, 1.807) is 26.0 Å². The second kappa shape index (κ2) is 5.25. The fraction of sp³-hybridized carbons (Fsp3) is 0.333. The highest BCUT2D eigenvalue weighted by molar-refractivity contribution is 5.96. The van der Waals surface area contributed by atoms with Crippen molar-refractivity contribution < 1.29 is 14.5 Å². The second-order valence-electron chi connectivity index (χ2n) is 5.28. The van der Waals surface area contributed by atoms with Gasteiger partial charge in [0, 0.05) is 12.0 Å². The van der Waals surface area contributed by atoms with Crippen LogP contribution in [0.25, 0.3) is 0 Å². The number of aryl methyl sites for hydroxylation is 1. The van der Waals surface area contributed by atoms with Gasteiger partial charge in [-0.3, -0.25) is 19.6 Å². The second-order valence-corrected chi connectivity index (χ2v) is 5.28. The Bertz CT molecular complexity index is 779. The molecule has 0 saturated heterocycles. The molecule has 22 heavy (non-hydrogen) atoms. The number of benzene rings is 1. The normalized spacial score (nSPS) is 12.8. The summed E-state index contributed by atoms with van der Waals surface area (Å²) in [5, 5.41) is 15.1. The predicted octanol–water partition coefficient (Wildman–Crippen LogP) is 2.23. The van der Waals surface area contributed by atoms with Crippen LogP contribution in [0.2, 0.25) is 0 Å². The molecule has 0 saturated carbocycles. The van der Waals surface area contributed by atoms with Crippen LogP contribution in [0.4, 0.5) is 5.69 Å². The third-order valence-electron chi connectivity index (χ3n) is 3.83. The van der Waals surface area contributed by atoms with Gasteiger partial charge in [-0.15, -0.1) is 0 Å². The minimum absolute atomic E-state index is 0.0137. The summed E-state index contributed by atoms with van der Waals surface area (Å²) in [7, 11) is 0. The monoisotopic (exact) mass is 301 g/mol. The molecule has 0 spiro atoms. The molecule has 1 aromatic carbocycles. The minimum Gasteiger partial charge on any atom is -0.493 e. The average Bonchev–Trinajstić information content (AvgIpc) is 3.02. The minimum atomic E-state index is -0.467. The van der Waals surface area contributed by atoms with Crippen molar-refractivity contribution in [1.82, 2.24) is 9.78 Å². The van der Waals surface area contributed by atoms with Crippen molar-refractivity contribution in [2.75, 3.05) is 6.61 Å². The van der Waals surface area contributed by atoms with Crippen molar-refractivity contribution in [2.24, 2.45) is 0 Å². The van der Waals surface area contributed by atoms with Crippen molar-refractivity contribution in [2.45, 2.75) is 26.8 Å². The number of Topliss-reactive ketones (excluding diaryl/α,β-unsaturated/α-hetero) is 1. The van der Waals surface area contributed by atoms with Crippen molar-refractivity contribution in [3.05, 3.63) is 50.8 Å². The van der Waals surface area contributed by atoms with Gasteiger partial charge in [0.25, 0.3) is 0 Å². The Morgan fingerprint density at radius 2 is 2.23 bits per heavy atom. The molecule has 0 amide bonds. The van der Waals surface area contributed by atoms with Crippen LogP contribution in [0.1, 0.15) is 27.3 Å². The zero-order valence-corrected chi connectivity index (χ0v) is 12.3. The number of carbonyl (C=O) groups is 1. The number of nitro groups is 1. The number of aromatic nitrogens is 2. The lowest BCUT2D eigenvalue weighted by Crippen LogP contribution is -2.13. The smallest absolute Gasteiger partial charge is 0.312 e. The first-order valence-electron chi connectivity index (χ1n) is 6.94. The fourth-order valence-corrected chi connectivity index (χ4v) is 2.69. The van der Waals surface area contributed by atoms with Gasteiger partial charge in [-0.05, 0) is 37.6 Å². The molecular weight excluding hydrogens is 286 g/mol. The summed E-state index contributed by atoms with van der Waals surface area (Å²) in [5.74, 6) is 0.688. The van der Waals surface area contributed by atoms with E-state index in [4.69, 9.17) is 4.74 Å². The maximum atomic E-state index is 12.4. The predicted molar refractivity (Wildman–Crippen MR) is 78.3 cm³/mol. The van der Waals surface area contributed by atoms with Gasteiger partial charge in [0.1, 0.15) is 23.7 Å². The lowest BCUT2D eigenvalue weighted by atomic mass is 10.1. The summed E-state index contributed by atoms with van der Waals surface area (Å²) in [5.41, 5.74) is 2.26. The molecule has 1 aromatic heterocycles. The van der Waals surface area contributed by atoms with E-state index in [1.807, 2.05) is 6.07 Å². The first-order chi connectivity index (χ1) is 10.5. The third-order valence-corrected chi connectivity index (χ3v) is 3.83. The van der Waals surface area contributed by atoms with Gasteiger partial charge < -0.3 is 4.74 Å². The first-order valence-corrected chi connectivity index (χ1v) is 6.94. The molecule has 2 aromatic rings. The number of hydrogen-bond donors (Lipinski definition) is 0. The molecule has 0 fully saturated rings. The van der Waals surface area contributed by atoms with E-state index in [0.717, 1.165) is 17.7 Å². The molecule has 0 N–H and O–H groups in total. The maximum absolute atomic E-state index is 12.4. The summed E-state index contributed by atoms with van der Waals surface area (Å²) >= 11 is 0. The fourth-order valence-electron chi connectivity index (χ4n) is 2.69. The van der Waals surface area contributed by atoms with Crippen LogP contribution in [-0.4, -0.2) is 27.1 Å². The lowest BCUT2D eigenvalue weighted by molar-refractivity contribution is -0.386. The average molecular weight is 301 g/mol. The highest BCUT2D eigenvalue weighted by atomic mass is 16.6. The first kappa shape index (κ1) is 14.2. The topological polar surface area (TPSA) is 87.3 Å². The molecule has 2 heterocycles. The van der Waals surface area contributed by atoms with E-state index in [2.05, 4.69) is 5.10 Å². The number of ketones is 1. The standard InChI is InChI=1S/C15H15N3O4/c1-9-15(18(20)21)10(2)17(16-9)8-13(19)11-3-4-14-12(7-11)5-6-22-14/h3-4,7H,5-6,8H2,1-2H3. The zero-order valence-electron chi connectivity index (χ0n) is 12.3. The number of nitrogens with zero attached hydrogens (tertiary/aromatic N) is 3. The van der Waals surface area contributed by atoms with Gasteiger partial charge >= 0.3 is 5.69 Å². The number of ether oxygens (including phenoxy) is 1. The van der Waals surface area contributed by atoms with Crippen LogP contribution >= 0.6 is 0 Å². The summed E-state index contributed by atoms with van der Waals surface area (Å²) in [4.78, 5) is 22.9. The van der Waals surface area contributed by atoms with Crippen LogP contribution in [0.5, 0.6) is 5.75 Å². The molecule has 0 atom stereocenters. The Kier molecular flexibility index (Phi) is 3.40. The van der Waals surface area contributed by atoms with Gasteiger partial charge in [0.15, 0.2) is 5.78 Å². The van der Waals surface area contributed by atoms with Gasteiger partial charge in [0.2, 0.25) is 0 Å². The Morgan fingerprint density at radius 1 is 1.45 bits per heavy atom. The van der Waals surface area contributed by atoms with Crippen LogP contribution in [-0.2, 0) is 13.0 Å². The molecule has 114 valence electrons. The van der Waals surface area contributed by atoms with E-state index in [1.165, 1.54) is 4.68 Å². The quantitative estimate of drug-likeness (QED) is 0.491. The van der Waals surface area contributed by atoms with Crippen molar-refractivity contribution in [3.63, 3.8) is 0 Å². The number of fused-ring (bicyclic) bond motifs is 1. The molecule has 0 aliphatic carbocycles. The number of hydrogen-bond acceptors (Lipinski definition) is 5. The van der Waals surface area contributed by atoms with Gasteiger partial charge in [-0.1, -0.05) is 0 Å². The van der Waals surface area contributed by atoms with Crippen LogP contribution in [0.15, 0.2) is 18.2 Å². The Labute approximate surface area is 126 Å². The van der Waals surface area contributed by atoms with Gasteiger partial charge in [-0.2, -0.15) is 5.10 Å². The molecule has 0 unspecified atom stereocenters. The molecule has 7 nitrogen and oxygen atoms in total. The largest absolute Gasteiger partial charge is 0.493 e. The molecule has 1 aliphatic rings. The number of carbonyl (C=O) groups excluding carboxylic acids is 1. The summed E-state index contributed by atoms with van der Waals surface area (Å²) in [6, 6.07) is 5.33. The highest BCUT2D eigenvalue weighted by Gasteiger charge is 2.23. The molecular formula is C15H15N3O4.